The lowest BCUT2D eigenvalue weighted by Gasteiger charge is -2.24. The minimum absolute atomic E-state index is 0.637. The maximum Gasteiger partial charge on any atom is 0.0230 e. The number of nitrogens with zero attached hydrogens (tertiary/aromatic N) is 1. The monoisotopic (exact) mass is 260 g/mol. The van der Waals surface area contributed by atoms with Crippen molar-refractivity contribution in [1.29, 1.82) is 0 Å². The first-order chi connectivity index (χ1) is 9.28. The Hall–Kier alpha value is -0.860. The van der Waals surface area contributed by atoms with E-state index >= 15 is 0 Å². The highest BCUT2D eigenvalue weighted by Gasteiger charge is 2.13. The SMILES string of the molecule is CN(CCC1CCCCC1)Cc1ccc(CN)cc1. The Labute approximate surface area is 118 Å². The molecular weight excluding hydrogens is 232 g/mol. The van der Waals surface area contributed by atoms with E-state index in [-0.39, 0.29) is 0 Å². The van der Waals surface area contributed by atoms with Crippen LogP contribution >= 0.6 is 0 Å². The van der Waals surface area contributed by atoms with Gasteiger partial charge in [0.25, 0.3) is 0 Å². The van der Waals surface area contributed by atoms with Crippen molar-refractivity contribution in [3.8, 4) is 0 Å². The van der Waals surface area contributed by atoms with Crippen LogP contribution in [0.3, 0.4) is 0 Å². The van der Waals surface area contributed by atoms with Gasteiger partial charge in [-0.25, -0.2) is 0 Å². The third-order valence-electron chi connectivity index (χ3n) is 4.35. The van der Waals surface area contributed by atoms with Gasteiger partial charge in [0.2, 0.25) is 0 Å². The zero-order valence-corrected chi connectivity index (χ0v) is 12.3. The molecule has 2 N–H and O–H groups in total. The van der Waals surface area contributed by atoms with Crippen molar-refractivity contribution < 1.29 is 0 Å². The Morgan fingerprint density at radius 1 is 1.05 bits per heavy atom. The van der Waals surface area contributed by atoms with E-state index in [1.54, 1.807) is 0 Å². The van der Waals surface area contributed by atoms with Gasteiger partial charge in [-0.2, -0.15) is 0 Å². The number of hydrogen-bond acceptors (Lipinski definition) is 2. The minimum Gasteiger partial charge on any atom is -0.326 e. The largest absolute Gasteiger partial charge is 0.326 e. The number of nitrogens with two attached hydrogens (primary N) is 1. The van der Waals surface area contributed by atoms with Crippen LogP contribution in [0.5, 0.6) is 0 Å². The molecule has 1 saturated carbocycles. The third-order valence-corrected chi connectivity index (χ3v) is 4.35. The summed E-state index contributed by atoms with van der Waals surface area (Å²) in [4.78, 5) is 2.45. The average molecular weight is 260 g/mol. The normalized spacial score (nSPS) is 17.0. The molecule has 0 unspecified atom stereocenters. The summed E-state index contributed by atoms with van der Waals surface area (Å²) in [7, 11) is 2.24. The summed E-state index contributed by atoms with van der Waals surface area (Å²) < 4.78 is 0. The Balaban J connectivity index is 1.71. The van der Waals surface area contributed by atoms with Gasteiger partial charge < -0.3 is 10.6 Å². The molecule has 19 heavy (non-hydrogen) atoms. The van der Waals surface area contributed by atoms with Crippen LogP contribution in [0.2, 0.25) is 0 Å². The van der Waals surface area contributed by atoms with Crippen molar-refractivity contribution in [3.05, 3.63) is 35.4 Å². The predicted octanol–water partition coefficient (Wildman–Crippen LogP) is 3.55. The van der Waals surface area contributed by atoms with E-state index in [0.717, 1.165) is 12.5 Å². The summed E-state index contributed by atoms with van der Waals surface area (Å²) in [5.41, 5.74) is 8.23. The van der Waals surface area contributed by atoms with Crippen LogP contribution in [-0.4, -0.2) is 18.5 Å². The van der Waals surface area contributed by atoms with Crippen LogP contribution < -0.4 is 5.73 Å². The van der Waals surface area contributed by atoms with E-state index in [4.69, 9.17) is 5.73 Å². The van der Waals surface area contributed by atoms with Gasteiger partial charge in [0.1, 0.15) is 0 Å². The summed E-state index contributed by atoms with van der Waals surface area (Å²) in [6, 6.07) is 8.70. The quantitative estimate of drug-likeness (QED) is 0.847. The lowest BCUT2D eigenvalue weighted by Crippen LogP contribution is -2.22. The predicted molar refractivity (Wildman–Crippen MR) is 81.9 cm³/mol. The molecule has 0 aromatic heterocycles. The van der Waals surface area contributed by atoms with E-state index in [1.807, 2.05) is 0 Å². The molecule has 0 atom stereocenters. The Bertz CT molecular complexity index is 352. The van der Waals surface area contributed by atoms with Gasteiger partial charge in [-0.1, -0.05) is 56.4 Å². The first-order valence-electron chi connectivity index (χ1n) is 7.74. The van der Waals surface area contributed by atoms with Crippen molar-refractivity contribution in [1.82, 2.24) is 4.90 Å². The van der Waals surface area contributed by atoms with Gasteiger partial charge in [-0.05, 0) is 37.1 Å². The Morgan fingerprint density at radius 3 is 2.32 bits per heavy atom. The second kappa shape index (κ2) is 7.66. The topological polar surface area (TPSA) is 29.3 Å². The van der Waals surface area contributed by atoms with Gasteiger partial charge in [0.15, 0.2) is 0 Å². The van der Waals surface area contributed by atoms with E-state index in [9.17, 15) is 0 Å². The molecule has 1 aliphatic rings. The van der Waals surface area contributed by atoms with Crippen LogP contribution in [0.1, 0.15) is 49.7 Å². The first kappa shape index (κ1) is 14.5. The molecule has 2 nitrogen and oxygen atoms in total. The van der Waals surface area contributed by atoms with Crippen molar-refractivity contribution in [2.45, 2.75) is 51.6 Å². The fourth-order valence-corrected chi connectivity index (χ4v) is 3.05. The molecule has 0 aliphatic heterocycles. The van der Waals surface area contributed by atoms with Gasteiger partial charge in [-0.3, -0.25) is 0 Å². The molecule has 106 valence electrons. The van der Waals surface area contributed by atoms with Crippen molar-refractivity contribution >= 4 is 0 Å². The van der Waals surface area contributed by atoms with Crippen LogP contribution in [0, 0.1) is 5.92 Å². The molecule has 0 saturated heterocycles. The van der Waals surface area contributed by atoms with E-state index in [2.05, 4.69) is 36.2 Å². The number of hydrogen-bond donors (Lipinski definition) is 1. The van der Waals surface area contributed by atoms with Gasteiger partial charge in [0.05, 0.1) is 0 Å². The molecule has 2 rings (SSSR count). The minimum atomic E-state index is 0.637. The summed E-state index contributed by atoms with van der Waals surface area (Å²) in [5, 5.41) is 0. The van der Waals surface area contributed by atoms with Gasteiger partial charge in [0, 0.05) is 13.1 Å². The maximum atomic E-state index is 5.62. The van der Waals surface area contributed by atoms with E-state index in [1.165, 1.54) is 56.2 Å². The maximum absolute atomic E-state index is 5.62. The lowest BCUT2D eigenvalue weighted by molar-refractivity contribution is 0.260. The fraction of sp³-hybridized carbons (Fsp3) is 0.647. The van der Waals surface area contributed by atoms with Gasteiger partial charge >= 0.3 is 0 Å². The van der Waals surface area contributed by atoms with Crippen LogP contribution in [0.15, 0.2) is 24.3 Å². The fourth-order valence-electron chi connectivity index (χ4n) is 3.05. The molecule has 0 amide bonds. The highest BCUT2D eigenvalue weighted by molar-refractivity contribution is 5.22. The zero-order chi connectivity index (χ0) is 13.5. The summed E-state index contributed by atoms with van der Waals surface area (Å²) in [5.74, 6) is 0.982. The standard InChI is InChI=1S/C17H28N2/c1-19(12-11-15-5-3-2-4-6-15)14-17-9-7-16(13-18)8-10-17/h7-10,15H,2-6,11-14,18H2,1H3. The first-order valence-corrected chi connectivity index (χ1v) is 7.74. The highest BCUT2D eigenvalue weighted by Crippen LogP contribution is 2.26. The molecule has 0 spiro atoms. The second-order valence-corrected chi connectivity index (χ2v) is 6.05. The van der Waals surface area contributed by atoms with E-state index < -0.39 is 0 Å². The second-order valence-electron chi connectivity index (χ2n) is 6.05. The van der Waals surface area contributed by atoms with Crippen LogP contribution in [0.4, 0.5) is 0 Å². The molecule has 2 heteroatoms. The van der Waals surface area contributed by atoms with Crippen molar-refractivity contribution in [2.75, 3.05) is 13.6 Å². The van der Waals surface area contributed by atoms with Crippen LogP contribution in [0.25, 0.3) is 0 Å². The summed E-state index contributed by atoms with van der Waals surface area (Å²) >= 11 is 0. The summed E-state index contributed by atoms with van der Waals surface area (Å²) in [6.07, 6.45) is 8.65. The third kappa shape index (κ3) is 4.96. The highest BCUT2D eigenvalue weighted by atomic mass is 15.1. The Morgan fingerprint density at radius 2 is 1.68 bits per heavy atom. The molecule has 1 aromatic carbocycles. The van der Waals surface area contributed by atoms with E-state index in [0.29, 0.717) is 6.54 Å². The summed E-state index contributed by atoms with van der Waals surface area (Å²) in [6.45, 7) is 2.92. The van der Waals surface area contributed by atoms with Crippen molar-refractivity contribution in [2.24, 2.45) is 11.7 Å². The molecule has 0 radical (unpaired) electrons. The molecule has 1 aliphatic carbocycles. The Kier molecular flexibility index (Phi) is 5.87. The number of rotatable bonds is 6. The lowest BCUT2D eigenvalue weighted by atomic mass is 9.87. The molecule has 1 fully saturated rings. The molecule has 1 aromatic rings. The smallest absolute Gasteiger partial charge is 0.0230 e. The van der Waals surface area contributed by atoms with Crippen molar-refractivity contribution in [3.63, 3.8) is 0 Å². The number of benzene rings is 1. The van der Waals surface area contributed by atoms with Gasteiger partial charge in [-0.15, -0.1) is 0 Å². The van der Waals surface area contributed by atoms with Crippen LogP contribution in [-0.2, 0) is 13.1 Å². The molecular formula is C17H28N2. The molecule has 0 bridgehead atoms. The molecule has 0 heterocycles. The zero-order valence-electron chi connectivity index (χ0n) is 12.3. The average Bonchev–Trinajstić information content (AvgIpc) is 2.47.